The van der Waals surface area contributed by atoms with Crippen LogP contribution in [0.5, 0.6) is 5.75 Å². The van der Waals surface area contributed by atoms with Crippen molar-refractivity contribution in [3.8, 4) is 5.75 Å². The average Bonchev–Trinajstić information content (AvgIpc) is 2.80. The van der Waals surface area contributed by atoms with Crippen LogP contribution in [0.15, 0.2) is 18.2 Å². The Balaban J connectivity index is 2.12. The second kappa shape index (κ2) is 5.27. The van der Waals surface area contributed by atoms with Gasteiger partial charge in [0.2, 0.25) is 0 Å². The van der Waals surface area contributed by atoms with E-state index in [1.807, 2.05) is 0 Å². The van der Waals surface area contributed by atoms with Gasteiger partial charge in [-0.1, -0.05) is 11.6 Å². The molecule has 6 heteroatoms. The van der Waals surface area contributed by atoms with Crippen LogP contribution in [-0.4, -0.2) is 41.3 Å². The number of nitrogens with one attached hydrogen (secondary N) is 1. The maximum Gasteiger partial charge on any atom is 0.311 e. The van der Waals surface area contributed by atoms with E-state index >= 15 is 0 Å². The summed E-state index contributed by atoms with van der Waals surface area (Å²) in [7, 11) is 0. The summed E-state index contributed by atoms with van der Waals surface area (Å²) in [5, 5.41) is 21.2. The molecule has 1 aliphatic rings. The lowest BCUT2D eigenvalue weighted by atomic mass is 10.0. The molecule has 3 N–H and O–H groups in total. The highest BCUT2D eigenvalue weighted by Crippen LogP contribution is 2.20. The lowest BCUT2D eigenvalue weighted by Gasteiger charge is -2.16. The Kier molecular flexibility index (Phi) is 3.71. The average molecular weight is 265 g/mol. The summed E-state index contributed by atoms with van der Waals surface area (Å²) in [5.74, 6) is -2.39. The van der Waals surface area contributed by atoms with Crippen molar-refractivity contribution < 1.29 is 24.5 Å². The molecule has 0 saturated carbocycles. The number of benzene rings is 1. The van der Waals surface area contributed by atoms with E-state index in [-0.39, 0.29) is 24.5 Å². The molecule has 6 nitrogen and oxygen atoms in total. The fourth-order valence-electron chi connectivity index (χ4n) is 2.02. The molecule has 1 fully saturated rings. The zero-order valence-corrected chi connectivity index (χ0v) is 10.4. The molecule has 2 unspecified atom stereocenters. The van der Waals surface area contributed by atoms with Crippen molar-refractivity contribution in [3.63, 3.8) is 0 Å². The summed E-state index contributed by atoms with van der Waals surface area (Å²) in [6, 6.07) is 4.09. The van der Waals surface area contributed by atoms with E-state index in [1.165, 1.54) is 6.07 Å². The SMILES string of the molecule is Cc1ccc(O)c(C(=O)NC2COCC2C(=O)O)c1. The van der Waals surface area contributed by atoms with Gasteiger partial charge in [0.1, 0.15) is 11.7 Å². The van der Waals surface area contributed by atoms with Crippen molar-refractivity contribution in [1.82, 2.24) is 5.32 Å². The van der Waals surface area contributed by atoms with Crippen molar-refractivity contribution in [1.29, 1.82) is 0 Å². The Bertz CT molecular complexity index is 514. The van der Waals surface area contributed by atoms with Gasteiger partial charge in [-0.3, -0.25) is 9.59 Å². The minimum absolute atomic E-state index is 0.0834. The van der Waals surface area contributed by atoms with Gasteiger partial charge < -0.3 is 20.3 Å². The molecule has 1 aromatic carbocycles. The third-order valence-corrected chi connectivity index (χ3v) is 3.11. The van der Waals surface area contributed by atoms with Gasteiger partial charge in [-0.15, -0.1) is 0 Å². The number of aryl methyl sites for hydroxylation is 1. The van der Waals surface area contributed by atoms with E-state index in [2.05, 4.69) is 5.32 Å². The lowest BCUT2D eigenvalue weighted by Crippen LogP contribution is -2.42. The first kappa shape index (κ1) is 13.4. The maximum atomic E-state index is 12.0. The lowest BCUT2D eigenvalue weighted by molar-refractivity contribution is -0.142. The highest BCUT2D eigenvalue weighted by atomic mass is 16.5. The molecule has 1 aliphatic heterocycles. The zero-order chi connectivity index (χ0) is 14.0. The monoisotopic (exact) mass is 265 g/mol. The second-order valence-corrected chi connectivity index (χ2v) is 4.58. The minimum Gasteiger partial charge on any atom is -0.507 e. The molecule has 0 aromatic heterocycles. The van der Waals surface area contributed by atoms with Crippen molar-refractivity contribution in [2.24, 2.45) is 5.92 Å². The topological polar surface area (TPSA) is 95.9 Å². The first-order valence-electron chi connectivity index (χ1n) is 5.90. The number of rotatable bonds is 3. The van der Waals surface area contributed by atoms with Crippen molar-refractivity contribution in [2.45, 2.75) is 13.0 Å². The molecule has 0 radical (unpaired) electrons. The molecular formula is C13H15NO5. The Morgan fingerprint density at radius 1 is 1.37 bits per heavy atom. The van der Waals surface area contributed by atoms with E-state index in [1.54, 1.807) is 19.1 Å². The van der Waals surface area contributed by atoms with Crippen molar-refractivity contribution >= 4 is 11.9 Å². The summed E-state index contributed by atoms with van der Waals surface area (Å²) in [6.45, 7) is 2.05. The number of hydrogen-bond acceptors (Lipinski definition) is 4. The molecule has 0 spiro atoms. The number of aromatic hydroxyl groups is 1. The number of carboxylic acids is 1. The minimum atomic E-state index is -1.00. The van der Waals surface area contributed by atoms with Gasteiger partial charge in [-0.05, 0) is 19.1 Å². The van der Waals surface area contributed by atoms with Crippen LogP contribution in [-0.2, 0) is 9.53 Å². The van der Waals surface area contributed by atoms with E-state index < -0.39 is 23.8 Å². The van der Waals surface area contributed by atoms with Crippen LogP contribution in [0.4, 0.5) is 0 Å². The van der Waals surface area contributed by atoms with E-state index in [0.717, 1.165) is 5.56 Å². The molecule has 2 atom stereocenters. The Morgan fingerprint density at radius 3 is 2.79 bits per heavy atom. The quantitative estimate of drug-likeness (QED) is 0.741. The smallest absolute Gasteiger partial charge is 0.311 e. The van der Waals surface area contributed by atoms with Gasteiger partial charge in [0.25, 0.3) is 5.91 Å². The molecular weight excluding hydrogens is 250 g/mol. The number of hydrogen-bond donors (Lipinski definition) is 3. The molecule has 102 valence electrons. The molecule has 1 amide bonds. The summed E-state index contributed by atoms with van der Waals surface area (Å²) in [5.41, 5.74) is 0.969. The van der Waals surface area contributed by atoms with Gasteiger partial charge in [-0.25, -0.2) is 0 Å². The maximum absolute atomic E-state index is 12.0. The molecule has 1 aromatic rings. The largest absolute Gasteiger partial charge is 0.507 e. The number of carbonyl (C=O) groups is 2. The molecule has 1 saturated heterocycles. The Morgan fingerprint density at radius 2 is 2.11 bits per heavy atom. The Hall–Kier alpha value is -2.08. The van der Waals surface area contributed by atoms with Crippen LogP contribution in [0.2, 0.25) is 0 Å². The molecule has 1 heterocycles. The van der Waals surface area contributed by atoms with Crippen LogP contribution in [0.1, 0.15) is 15.9 Å². The predicted octanol–water partition coefficient (Wildman–Crippen LogP) is 0.530. The van der Waals surface area contributed by atoms with Crippen molar-refractivity contribution in [3.05, 3.63) is 29.3 Å². The number of carbonyl (C=O) groups excluding carboxylic acids is 1. The highest BCUT2D eigenvalue weighted by Gasteiger charge is 2.35. The fraction of sp³-hybridized carbons (Fsp3) is 0.385. The number of amides is 1. The van der Waals surface area contributed by atoms with Crippen LogP contribution in [0.3, 0.4) is 0 Å². The molecule has 2 rings (SSSR count). The van der Waals surface area contributed by atoms with E-state index in [4.69, 9.17) is 9.84 Å². The Labute approximate surface area is 110 Å². The van der Waals surface area contributed by atoms with E-state index in [9.17, 15) is 14.7 Å². The molecule has 0 aliphatic carbocycles. The third kappa shape index (κ3) is 2.85. The summed E-state index contributed by atoms with van der Waals surface area (Å²) in [4.78, 5) is 23.0. The van der Waals surface area contributed by atoms with Crippen LogP contribution in [0.25, 0.3) is 0 Å². The second-order valence-electron chi connectivity index (χ2n) is 4.58. The van der Waals surface area contributed by atoms with Crippen molar-refractivity contribution in [2.75, 3.05) is 13.2 Å². The number of ether oxygens (including phenoxy) is 1. The fourth-order valence-corrected chi connectivity index (χ4v) is 2.02. The van der Waals surface area contributed by atoms with Gasteiger partial charge in [0.15, 0.2) is 0 Å². The van der Waals surface area contributed by atoms with Gasteiger partial charge in [0, 0.05) is 0 Å². The summed E-state index contributed by atoms with van der Waals surface area (Å²) >= 11 is 0. The van der Waals surface area contributed by atoms with Crippen LogP contribution >= 0.6 is 0 Å². The van der Waals surface area contributed by atoms with E-state index in [0.29, 0.717) is 0 Å². The highest BCUT2D eigenvalue weighted by molar-refractivity contribution is 5.97. The summed E-state index contributed by atoms with van der Waals surface area (Å²) < 4.78 is 5.06. The molecule has 19 heavy (non-hydrogen) atoms. The van der Waals surface area contributed by atoms with Gasteiger partial charge in [-0.2, -0.15) is 0 Å². The number of aliphatic carboxylic acids is 1. The molecule has 0 bridgehead atoms. The van der Waals surface area contributed by atoms with Gasteiger partial charge >= 0.3 is 5.97 Å². The number of phenolic OH excluding ortho intramolecular Hbond substituents is 1. The summed E-state index contributed by atoms with van der Waals surface area (Å²) in [6.07, 6.45) is 0. The zero-order valence-electron chi connectivity index (χ0n) is 10.4. The number of phenols is 1. The first-order chi connectivity index (χ1) is 8.99. The first-order valence-corrected chi connectivity index (χ1v) is 5.90. The normalized spacial score (nSPS) is 22.2. The standard InChI is InChI=1S/C13H15NO5/c1-7-2-3-11(15)8(4-7)12(16)14-10-6-19-5-9(10)13(17)18/h2-4,9-10,15H,5-6H2,1H3,(H,14,16)(H,17,18). The predicted molar refractivity (Wildman–Crippen MR) is 66.0 cm³/mol. The van der Waals surface area contributed by atoms with Crippen LogP contribution in [0, 0.1) is 12.8 Å². The number of carboxylic acid groups (broad SMARTS) is 1. The van der Waals surface area contributed by atoms with Crippen LogP contribution < -0.4 is 5.32 Å². The third-order valence-electron chi connectivity index (χ3n) is 3.11. The van der Waals surface area contributed by atoms with Gasteiger partial charge in [0.05, 0.1) is 24.8 Å².